The lowest BCUT2D eigenvalue weighted by Crippen LogP contribution is -2.45. The summed E-state index contributed by atoms with van der Waals surface area (Å²) in [6, 6.07) is 17.4. The number of nitrogens with one attached hydrogen (secondary N) is 3. The van der Waals surface area contributed by atoms with Gasteiger partial charge in [-0.05, 0) is 41.3 Å². The number of benzene rings is 2. The highest BCUT2D eigenvalue weighted by Crippen LogP contribution is 2.14. The Bertz CT molecular complexity index is 743. The first-order valence-corrected chi connectivity index (χ1v) is 7.98. The number of amidine groups is 1. The van der Waals surface area contributed by atoms with Crippen LogP contribution in [0.1, 0.15) is 11.1 Å². The summed E-state index contributed by atoms with van der Waals surface area (Å²) in [5.74, 6) is 0.686. The fraction of sp³-hybridized carbons (Fsp3) is 0.0588. The fourth-order valence-corrected chi connectivity index (χ4v) is 2.67. The van der Waals surface area contributed by atoms with E-state index in [4.69, 9.17) is 0 Å². The van der Waals surface area contributed by atoms with E-state index in [0.29, 0.717) is 12.3 Å². The van der Waals surface area contributed by atoms with Crippen LogP contribution in [0.25, 0.3) is 6.08 Å². The maximum Gasteiger partial charge on any atom is 0.343 e. The van der Waals surface area contributed by atoms with Crippen LogP contribution in [0.3, 0.4) is 0 Å². The lowest BCUT2D eigenvalue weighted by atomic mass is 10.0. The van der Waals surface area contributed by atoms with E-state index in [2.05, 4.69) is 20.6 Å². The summed E-state index contributed by atoms with van der Waals surface area (Å²) in [6.07, 6.45) is 4.32. The molecule has 0 saturated carbocycles. The lowest BCUT2D eigenvalue weighted by Gasteiger charge is -2.11. The number of urea groups is 1. The van der Waals surface area contributed by atoms with Gasteiger partial charge >= 0.3 is 6.03 Å². The summed E-state index contributed by atoms with van der Waals surface area (Å²) >= 11 is 1.25. The van der Waals surface area contributed by atoms with E-state index in [9.17, 15) is 4.79 Å². The van der Waals surface area contributed by atoms with Crippen molar-refractivity contribution in [3.05, 3.63) is 71.9 Å². The third kappa shape index (κ3) is 4.37. The number of rotatable bonds is 2. The molecule has 1 aliphatic rings. The molecule has 5 nitrogen and oxygen atoms in total. The summed E-state index contributed by atoms with van der Waals surface area (Å²) in [4.78, 5) is 17.1. The summed E-state index contributed by atoms with van der Waals surface area (Å²) in [7, 11) is 0. The maximum absolute atomic E-state index is 11.8. The Morgan fingerprint density at radius 1 is 1.04 bits per heavy atom. The summed E-state index contributed by atoms with van der Waals surface area (Å²) in [6.45, 7) is 0. The highest BCUT2D eigenvalue weighted by molar-refractivity contribution is 7.98. The molecule has 0 spiro atoms. The highest BCUT2D eigenvalue weighted by atomic mass is 32.2. The smallest absolute Gasteiger partial charge is 0.284 e. The van der Waals surface area contributed by atoms with E-state index in [-0.39, 0.29) is 6.03 Å². The molecule has 0 atom stereocenters. The monoisotopic (exact) mass is 324 g/mol. The van der Waals surface area contributed by atoms with Crippen LogP contribution in [0.2, 0.25) is 0 Å². The Hall–Kier alpha value is -2.73. The molecule has 0 radical (unpaired) electrons. The van der Waals surface area contributed by atoms with Gasteiger partial charge in [0.25, 0.3) is 0 Å². The zero-order valence-corrected chi connectivity index (χ0v) is 13.1. The number of fused-ring (bicyclic) bond motifs is 1. The van der Waals surface area contributed by atoms with Crippen LogP contribution in [-0.2, 0) is 6.42 Å². The summed E-state index contributed by atoms with van der Waals surface area (Å²) < 4.78 is 2.70. The number of hydrazine groups is 1. The summed E-state index contributed by atoms with van der Waals surface area (Å²) in [5, 5.41) is 0. The molecule has 116 valence electrons. The second-order valence-electron chi connectivity index (χ2n) is 4.86. The van der Waals surface area contributed by atoms with Gasteiger partial charge in [0.1, 0.15) is 5.84 Å². The average Bonchev–Trinajstić information content (AvgIpc) is 2.81. The third-order valence-electron chi connectivity index (χ3n) is 3.22. The van der Waals surface area contributed by atoms with Gasteiger partial charge in [0.2, 0.25) is 0 Å². The number of aliphatic imine (C=N–C) groups is 1. The second kappa shape index (κ2) is 7.51. The molecule has 0 aliphatic carbocycles. The van der Waals surface area contributed by atoms with Gasteiger partial charge in [-0.3, -0.25) is 10.1 Å². The predicted molar refractivity (Wildman–Crippen MR) is 93.7 cm³/mol. The van der Waals surface area contributed by atoms with E-state index >= 15 is 0 Å². The van der Waals surface area contributed by atoms with Crippen LogP contribution in [0.4, 0.5) is 4.79 Å². The Morgan fingerprint density at radius 3 is 2.70 bits per heavy atom. The molecule has 2 aromatic rings. The minimum absolute atomic E-state index is 0.330. The van der Waals surface area contributed by atoms with Gasteiger partial charge in [-0.2, -0.15) is 0 Å². The molecule has 0 fully saturated rings. The van der Waals surface area contributed by atoms with E-state index in [1.54, 1.807) is 6.20 Å². The van der Waals surface area contributed by atoms with E-state index < -0.39 is 0 Å². The molecule has 23 heavy (non-hydrogen) atoms. The minimum Gasteiger partial charge on any atom is -0.284 e. The Kier molecular flexibility index (Phi) is 4.95. The largest absolute Gasteiger partial charge is 0.343 e. The molecule has 2 amide bonds. The number of nitrogens with zero attached hydrogens (tertiary/aromatic N) is 1. The van der Waals surface area contributed by atoms with Gasteiger partial charge in [-0.1, -0.05) is 42.5 Å². The van der Waals surface area contributed by atoms with Gasteiger partial charge < -0.3 is 0 Å². The molecule has 2 aromatic carbocycles. The minimum atomic E-state index is -0.330. The maximum atomic E-state index is 11.8. The van der Waals surface area contributed by atoms with Crippen molar-refractivity contribution in [3.8, 4) is 0 Å². The molecule has 0 bridgehead atoms. The molecular formula is C17H16N4OS. The molecule has 3 N–H and O–H groups in total. The number of carbonyl (C=O) groups excluding carboxylic acids is 1. The van der Waals surface area contributed by atoms with Gasteiger partial charge in [-0.15, -0.1) is 0 Å². The van der Waals surface area contributed by atoms with Gasteiger partial charge in [-0.25, -0.2) is 15.2 Å². The SMILES string of the molecule is O=C(NNC1=NC=Cc2ccccc2C1)NSc1ccccc1. The average molecular weight is 324 g/mol. The van der Waals surface area contributed by atoms with Crippen LogP contribution in [0.15, 0.2) is 70.7 Å². The van der Waals surface area contributed by atoms with Crippen molar-refractivity contribution in [1.82, 2.24) is 15.6 Å². The molecule has 0 unspecified atom stereocenters. The topological polar surface area (TPSA) is 65.5 Å². The van der Waals surface area contributed by atoms with Crippen LogP contribution in [0, 0.1) is 0 Å². The second-order valence-corrected chi connectivity index (χ2v) is 5.74. The number of amides is 2. The molecular weight excluding hydrogens is 308 g/mol. The lowest BCUT2D eigenvalue weighted by molar-refractivity contribution is 0.244. The van der Waals surface area contributed by atoms with E-state index in [1.165, 1.54) is 11.9 Å². The molecule has 6 heteroatoms. The molecule has 0 aromatic heterocycles. The van der Waals surface area contributed by atoms with Gasteiger partial charge in [0, 0.05) is 17.5 Å². The molecule has 1 heterocycles. The first-order chi connectivity index (χ1) is 11.3. The normalized spacial score (nSPS) is 12.6. The van der Waals surface area contributed by atoms with Crippen molar-refractivity contribution in [2.75, 3.05) is 0 Å². The zero-order chi connectivity index (χ0) is 15.9. The number of hydrogen-bond acceptors (Lipinski definition) is 4. The zero-order valence-electron chi connectivity index (χ0n) is 12.3. The Morgan fingerprint density at radius 2 is 1.83 bits per heavy atom. The van der Waals surface area contributed by atoms with Gasteiger partial charge in [0.05, 0.1) is 0 Å². The predicted octanol–water partition coefficient (Wildman–Crippen LogP) is 3.12. The van der Waals surface area contributed by atoms with Crippen molar-refractivity contribution in [3.63, 3.8) is 0 Å². The quantitative estimate of drug-likeness (QED) is 0.587. The first-order valence-electron chi connectivity index (χ1n) is 7.16. The van der Waals surface area contributed by atoms with Crippen LogP contribution < -0.4 is 15.6 Å². The molecule has 3 rings (SSSR count). The van der Waals surface area contributed by atoms with Crippen LogP contribution in [-0.4, -0.2) is 11.9 Å². The third-order valence-corrected chi connectivity index (χ3v) is 4.02. The number of carbonyl (C=O) groups is 1. The molecule has 1 aliphatic heterocycles. The van der Waals surface area contributed by atoms with Crippen LogP contribution in [0.5, 0.6) is 0 Å². The van der Waals surface area contributed by atoms with Crippen molar-refractivity contribution < 1.29 is 4.79 Å². The van der Waals surface area contributed by atoms with E-state index in [1.807, 2.05) is 60.7 Å². The Balaban J connectivity index is 1.50. The fourth-order valence-electron chi connectivity index (χ4n) is 2.12. The van der Waals surface area contributed by atoms with Crippen molar-refractivity contribution in [2.24, 2.45) is 4.99 Å². The Labute approximate surface area is 139 Å². The van der Waals surface area contributed by atoms with Crippen molar-refractivity contribution >= 4 is 29.9 Å². The highest BCUT2D eigenvalue weighted by Gasteiger charge is 2.08. The van der Waals surface area contributed by atoms with Crippen molar-refractivity contribution in [1.29, 1.82) is 0 Å². The standard InChI is InChI=1S/C17H16N4OS/c22-17(21-23-15-8-2-1-3-9-15)20-19-16-12-14-7-5-4-6-13(14)10-11-18-16/h1-11H,12H2,(H,18,19)(H2,20,21,22). The van der Waals surface area contributed by atoms with E-state index in [0.717, 1.165) is 16.0 Å². The molecule has 0 saturated heterocycles. The van der Waals surface area contributed by atoms with Crippen LogP contribution >= 0.6 is 11.9 Å². The number of hydrogen-bond donors (Lipinski definition) is 3. The van der Waals surface area contributed by atoms with Gasteiger partial charge in [0.15, 0.2) is 0 Å². The first kappa shape index (κ1) is 15.2. The summed E-state index contributed by atoms with van der Waals surface area (Å²) in [5.41, 5.74) is 7.75. The van der Waals surface area contributed by atoms with Crippen molar-refractivity contribution in [2.45, 2.75) is 11.3 Å².